The van der Waals surface area contributed by atoms with Crippen molar-refractivity contribution in [2.75, 3.05) is 17.2 Å². The first-order valence-corrected chi connectivity index (χ1v) is 8.43. The topological polar surface area (TPSA) is 122 Å². The minimum atomic E-state index is -0.168. The number of nitrogens with zero attached hydrogens (tertiary/aromatic N) is 3. The van der Waals surface area contributed by atoms with Crippen molar-refractivity contribution in [3.63, 3.8) is 0 Å². The lowest BCUT2D eigenvalue weighted by molar-refractivity contribution is -0.113. The van der Waals surface area contributed by atoms with Crippen LogP contribution in [0.5, 0.6) is 0 Å². The number of hydrogen-bond donors (Lipinski definition) is 4. The van der Waals surface area contributed by atoms with Gasteiger partial charge in [-0.25, -0.2) is 4.98 Å². The smallest absolute Gasteiger partial charge is 0.225 e. The molecule has 1 aromatic carbocycles. The maximum Gasteiger partial charge on any atom is 0.225 e. The van der Waals surface area contributed by atoms with E-state index in [-0.39, 0.29) is 12.3 Å². The summed E-state index contributed by atoms with van der Waals surface area (Å²) in [6.45, 7) is 3.80. The molecule has 0 bridgehead atoms. The number of carbonyl (C=O) groups is 1. The average Bonchev–Trinajstić information content (AvgIpc) is 3.05. The standard InChI is InChI=1S/C19H21N7O/c1-12-8-17(23-18-9-13(2)25-26-18)24-19(22-12)21-11-15(27)10-16(20)14-6-4-3-5-7-14/h3-10H,11,20H2,1-2H3,(H3,21,22,23,24,25,26). The van der Waals surface area contributed by atoms with Crippen molar-refractivity contribution < 1.29 is 4.79 Å². The normalized spacial score (nSPS) is 11.3. The van der Waals surface area contributed by atoms with Gasteiger partial charge in [0.1, 0.15) is 5.82 Å². The Bertz CT molecular complexity index is 963. The largest absolute Gasteiger partial charge is 0.398 e. The Labute approximate surface area is 156 Å². The molecule has 0 aliphatic rings. The third-order valence-electron chi connectivity index (χ3n) is 3.66. The highest BCUT2D eigenvalue weighted by Crippen LogP contribution is 2.15. The number of benzene rings is 1. The molecule has 0 saturated carbocycles. The van der Waals surface area contributed by atoms with Crippen LogP contribution in [0.4, 0.5) is 17.6 Å². The van der Waals surface area contributed by atoms with Crippen LogP contribution >= 0.6 is 0 Å². The van der Waals surface area contributed by atoms with Gasteiger partial charge in [-0.1, -0.05) is 30.3 Å². The number of anilines is 3. The van der Waals surface area contributed by atoms with E-state index in [1.165, 1.54) is 6.08 Å². The Kier molecular flexibility index (Phi) is 5.46. The van der Waals surface area contributed by atoms with E-state index in [1.807, 2.05) is 50.2 Å². The summed E-state index contributed by atoms with van der Waals surface area (Å²) in [5.74, 6) is 1.43. The molecule has 3 aromatic rings. The number of aryl methyl sites for hydroxylation is 2. The van der Waals surface area contributed by atoms with E-state index in [9.17, 15) is 4.79 Å². The Morgan fingerprint density at radius 1 is 1.15 bits per heavy atom. The molecule has 0 aliphatic carbocycles. The van der Waals surface area contributed by atoms with Crippen LogP contribution in [0.1, 0.15) is 17.0 Å². The SMILES string of the molecule is Cc1cc(Nc2cc(C)[nH]n2)nc(NCC(=O)C=C(N)c2ccccc2)n1. The molecule has 0 saturated heterocycles. The number of hydrogen-bond acceptors (Lipinski definition) is 7. The third kappa shape index (κ3) is 5.15. The molecule has 27 heavy (non-hydrogen) atoms. The molecule has 0 unspecified atom stereocenters. The highest BCUT2D eigenvalue weighted by molar-refractivity contribution is 5.98. The van der Waals surface area contributed by atoms with Gasteiger partial charge in [0.15, 0.2) is 11.6 Å². The van der Waals surface area contributed by atoms with Crippen molar-refractivity contribution in [1.82, 2.24) is 20.2 Å². The number of aromatic amines is 1. The third-order valence-corrected chi connectivity index (χ3v) is 3.66. The maximum absolute atomic E-state index is 12.2. The Morgan fingerprint density at radius 2 is 1.93 bits per heavy atom. The van der Waals surface area contributed by atoms with Crippen LogP contribution in [0.15, 0.2) is 48.5 Å². The van der Waals surface area contributed by atoms with Gasteiger partial charge in [-0.15, -0.1) is 0 Å². The van der Waals surface area contributed by atoms with Gasteiger partial charge in [0.2, 0.25) is 5.95 Å². The maximum atomic E-state index is 12.2. The highest BCUT2D eigenvalue weighted by Gasteiger charge is 2.07. The number of nitrogens with two attached hydrogens (primary N) is 1. The lowest BCUT2D eigenvalue weighted by Gasteiger charge is -2.08. The van der Waals surface area contributed by atoms with Gasteiger partial charge < -0.3 is 16.4 Å². The van der Waals surface area contributed by atoms with Gasteiger partial charge in [-0.2, -0.15) is 10.1 Å². The van der Waals surface area contributed by atoms with Crippen LogP contribution < -0.4 is 16.4 Å². The number of rotatable bonds is 7. The molecule has 0 fully saturated rings. The molecule has 2 heterocycles. The van der Waals surface area contributed by atoms with Gasteiger partial charge in [0.25, 0.3) is 0 Å². The summed E-state index contributed by atoms with van der Waals surface area (Å²) in [6.07, 6.45) is 1.41. The fourth-order valence-corrected chi connectivity index (χ4v) is 2.43. The zero-order valence-electron chi connectivity index (χ0n) is 15.2. The second kappa shape index (κ2) is 8.13. The number of nitrogens with one attached hydrogen (secondary N) is 3. The molecule has 8 heteroatoms. The van der Waals surface area contributed by atoms with Crippen LogP contribution in [-0.2, 0) is 4.79 Å². The predicted molar refractivity (Wildman–Crippen MR) is 105 cm³/mol. The van der Waals surface area contributed by atoms with Crippen molar-refractivity contribution in [1.29, 1.82) is 0 Å². The summed E-state index contributed by atoms with van der Waals surface area (Å²) in [7, 11) is 0. The molecule has 2 aromatic heterocycles. The van der Waals surface area contributed by atoms with E-state index in [1.54, 1.807) is 6.07 Å². The van der Waals surface area contributed by atoms with Crippen molar-refractivity contribution in [3.05, 3.63) is 65.5 Å². The summed E-state index contributed by atoms with van der Waals surface area (Å²) >= 11 is 0. The van der Waals surface area contributed by atoms with Gasteiger partial charge in [0.05, 0.1) is 6.54 Å². The minimum absolute atomic E-state index is 0.0396. The van der Waals surface area contributed by atoms with Crippen molar-refractivity contribution in [2.24, 2.45) is 5.73 Å². The first-order chi connectivity index (χ1) is 13.0. The molecule has 0 spiro atoms. The van der Waals surface area contributed by atoms with E-state index in [0.29, 0.717) is 23.3 Å². The number of carbonyl (C=O) groups excluding carboxylic acids is 1. The number of H-pyrrole nitrogens is 1. The molecular weight excluding hydrogens is 342 g/mol. The predicted octanol–water partition coefficient (Wildman–Crippen LogP) is 2.54. The fourth-order valence-electron chi connectivity index (χ4n) is 2.43. The van der Waals surface area contributed by atoms with Gasteiger partial charge in [-0.3, -0.25) is 9.89 Å². The first kappa shape index (κ1) is 18.1. The lowest BCUT2D eigenvalue weighted by atomic mass is 10.1. The molecule has 0 radical (unpaired) electrons. The van der Waals surface area contributed by atoms with Gasteiger partial charge in [-0.05, 0) is 19.4 Å². The van der Waals surface area contributed by atoms with E-state index >= 15 is 0 Å². The summed E-state index contributed by atoms with van der Waals surface area (Å²) in [5.41, 5.74) is 8.88. The molecule has 8 nitrogen and oxygen atoms in total. The van der Waals surface area contributed by atoms with E-state index in [0.717, 1.165) is 17.0 Å². The Hall–Kier alpha value is -3.68. The van der Waals surface area contributed by atoms with Crippen LogP contribution in [0.2, 0.25) is 0 Å². The summed E-state index contributed by atoms with van der Waals surface area (Å²) in [6, 6.07) is 13.0. The average molecular weight is 363 g/mol. The molecule has 138 valence electrons. The van der Waals surface area contributed by atoms with Gasteiger partial charge >= 0.3 is 0 Å². The van der Waals surface area contributed by atoms with E-state index in [4.69, 9.17) is 5.73 Å². The molecule has 5 N–H and O–H groups in total. The highest BCUT2D eigenvalue weighted by atomic mass is 16.1. The van der Waals surface area contributed by atoms with Gasteiger partial charge in [0, 0.05) is 35.3 Å². The molecular formula is C19H21N7O. The van der Waals surface area contributed by atoms with Crippen LogP contribution in [0.25, 0.3) is 5.70 Å². The quantitative estimate of drug-likeness (QED) is 0.476. The number of aromatic nitrogens is 4. The van der Waals surface area contributed by atoms with Crippen LogP contribution in [0.3, 0.4) is 0 Å². The van der Waals surface area contributed by atoms with Crippen LogP contribution in [-0.4, -0.2) is 32.5 Å². The second-order valence-corrected chi connectivity index (χ2v) is 6.06. The first-order valence-electron chi connectivity index (χ1n) is 8.43. The van der Waals surface area contributed by atoms with Crippen molar-refractivity contribution >= 4 is 29.1 Å². The summed E-state index contributed by atoms with van der Waals surface area (Å²) < 4.78 is 0. The van der Waals surface area contributed by atoms with E-state index < -0.39 is 0 Å². The Balaban J connectivity index is 1.64. The summed E-state index contributed by atoms with van der Waals surface area (Å²) in [5, 5.41) is 13.0. The summed E-state index contributed by atoms with van der Waals surface area (Å²) in [4.78, 5) is 20.8. The fraction of sp³-hybridized carbons (Fsp3) is 0.158. The molecule has 3 rings (SSSR count). The van der Waals surface area contributed by atoms with Crippen LogP contribution in [0, 0.1) is 13.8 Å². The zero-order chi connectivity index (χ0) is 19.2. The zero-order valence-corrected chi connectivity index (χ0v) is 15.2. The van der Waals surface area contributed by atoms with Crippen molar-refractivity contribution in [2.45, 2.75) is 13.8 Å². The molecule has 0 atom stereocenters. The minimum Gasteiger partial charge on any atom is -0.398 e. The Morgan fingerprint density at radius 3 is 2.63 bits per heavy atom. The van der Waals surface area contributed by atoms with Crippen molar-refractivity contribution in [3.8, 4) is 0 Å². The molecule has 0 aliphatic heterocycles. The number of ketones is 1. The molecule has 0 amide bonds. The lowest BCUT2D eigenvalue weighted by Crippen LogP contribution is -2.15. The second-order valence-electron chi connectivity index (χ2n) is 6.06. The monoisotopic (exact) mass is 363 g/mol. The van der Waals surface area contributed by atoms with E-state index in [2.05, 4.69) is 30.8 Å².